The van der Waals surface area contributed by atoms with E-state index >= 15 is 0 Å². The molecule has 4 heterocycles. The SMILES string of the molecule is O=C(CCC(=O)N1Cc2cccn2-c2ccccc21)N1CCN(c2ncccn2)CC1. The Kier molecular flexibility index (Phi) is 5.11. The van der Waals surface area contributed by atoms with Crippen molar-refractivity contribution in [2.75, 3.05) is 36.0 Å². The summed E-state index contributed by atoms with van der Waals surface area (Å²) in [5, 5.41) is 0. The van der Waals surface area contributed by atoms with Gasteiger partial charge in [-0.05, 0) is 30.3 Å². The molecule has 158 valence electrons. The minimum absolute atomic E-state index is 0.0235. The average Bonchev–Trinajstić information content (AvgIpc) is 3.31. The molecule has 0 aliphatic carbocycles. The lowest BCUT2D eigenvalue weighted by Crippen LogP contribution is -2.49. The van der Waals surface area contributed by atoms with Crippen LogP contribution in [0.1, 0.15) is 18.5 Å². The van der Waals surface area contributed by atoms with E-state index in [0.29, 0.717) is 38.7 Å². The molecule has 2 aliphatic rings. The number of nitrogens with zero attached hydrogens (tertiary/aromatic N) is 6. The summed E-state index contributed by atoms with van der Waals surface area (Å²) >= 11 is 0. The fraction of sp³-hybridized carbons (Fsp3) is 0.304. The van der Waals surface area contributed by atoms with Crippen molar-refractivity contribution in [3.8, 4) is 5.69 Å². The van der Waals surface area contributed by atoms with Crippen molar-refractivity contribution < 1.29 is 9.59 Å². The van der Waals surface area contributed by atoms with E-state index < -0.39 is 0 Å². The van der Waals surface area contributed by atoms with Crippen LogP contribution in [-0.2, 0) is 16.1 Å². The molecule has 0 saturated carbocycles. The van der Waals surface area contributed by atoms with Crippen LogP contribution in [0.25, 0.3) is 5.69 Å². The first-order valence-corrected chi connectivity index (χ1v) is 10.6. The molecule has 8 nitrogen and oxygen atoms in total. The third-order valence-corrected chi connectivity index (χ3v) is 5.91. The van der Waals surface area contributed by atoms with Gasteiger partial charge in [-0.3, -0.25) is 9.59 Å². The molecule has 0 radical (unpaired) electrons. The molecule has 1 aromatic carbocycles. The molecular formula is C23H24N6O2. The molecule has 0 spiro atoms. The van der Waals surface area contributed by atoms with E-state index in [1.54, 1.807) is 23.4 Å². The number of carbonyl (C=O) groups excluding carboxylic acids is 2. The Morgan fingerprint density at radius 2 is 1.52 bits per heavy atom. The van der Waals surface area contributed by atoms with E-state index in [1.807, 2.05) is 47.5 Å². The van der Waals surface area contributed by atoms with Gasteiger partial charge in [0.1, 0.15) is 0 Å². The molecule has 1 fully saturated rings. The number of anilines is 2. The summed E-state index contributed by atoms with van der Waals surface area (Å²) in [5.74, 6) is 0.693. The lowest BCUT2D eigenvalue weighted by molar-refractivity contribution is -0.133. The van der Waals surface area contributed by atoms with Gasteiger partial charge in [-0.1, -0.05) is 12.1 Å². The number of aromatic nitrogens is 3. The number of hydrogen-bond donors (Lipinski definition) is 0. The minimum Gasteiger partial charge on any atom is -0.339 e. The molecule has 1 saturated heterocycles. The van der Waals surface area contributed by atoms with Gasteiger partial charge < -0.3 is 19.3 Å². The molecule has 0 unspecified atom stereocenters. The van der Waals surface area contributed by atoms with E-state index in [-0.39, 0.29) is 24.7 Å². The van der Waals surface area contributed by atoms with Crippen molar-refractivity contribution in [2.45, 2.75) is 19.4 Å². The van der Waals surface area contributed by atoms with Crippen LogP contribution in [0.4, 0.5) is 11.6 Å². The molecule has 2 aliphatic heterocycles. The van der Waals surface area contributed by atoms with Crippen LogP contribution in [0.3, 0.4) is 0 Å². The van der Waals surface area contributed by atoms with Crippen molar-refractivity contribution in [2.24, 2.45) is 0 Å². The summed E-state index contributed by atoms with van der Waals surface area (Å²) in [7, 11) is 0. The summed E-state index contributed by atoms with van der Waals surface area (Å²) < 4.78 is 2.11. The summed E-state index contributed by atoms with van der Waals surface area (Å²) in [6, 6.07) is 13.7. The van der Waals surface area contributed by atoms with Gasteiger partial charge in [-0.25, -0.2) is 9.97 Å². The van der Waals surface area contributed by atoms with Crippen molar-refractivity contribution in [1.82, 2.24) is 19.4 Å². The van der Waals surface area contributed by atoms with Gasteiger partial charge in [0.25, 0.3) is 0 Å². The first-order chi connectivity index (χ1) is 15.2. The Morgan fingerprint density at radius 1 is 0.806 bits per heavy atom. The van der Waals surface area contributed by atoms with Gasteiger partial charge in [0, 0.05) is 63.3 Å². The number of fused-ring (bicyclic) bond motifs is 3. The number of rotatable bonds is 4. The summed E-state index contributed by atoms with van der Waals surface area (Å²) in [4.78, 5) is 40.0. The van der Waals surface area contributed by atoms with E-state index in [1.165, 1.54) is 0 Å². The lowest BCUT2D eigenvalue weighted by Gasteiger charge is -2.35. The molecule has 5 rings (SSSR count). The van der Waals surface area contributed by atoms with E-state index in [9.17, 15) is 9.59 Å². The summed E-state index contributed by atoms with van der Waals surface area (Å²) in [6.07, 6.45) is 5.89. The third-order valence-electron chi connectivity index (χ3n) is 5.91. The van der Waals surface area contributed by atoms with Gasteiger partial charge in [0.05, 0.1) is 17.9 Å². The molecule has 0 atom stereocenters. The quantitative estimate of drug-likeness (QED) is 0.652. The maximum Gasteiger partial charge on any atom is 0.227 e. The Bertz CT molecular complexity index is 1090. The molecular weight excluding hydrogens is 392 g/mol. The van der Waals surface area contributed by atoms with Gasteiger partial charge in [-0.2, -0.15) is 0 Å². The summed E-state index contributed by atoms with van der Waals surface area (Å²) in [5.41, 5.74) is 2.95. The second-order valence-electron chi connectivity index (χ2n) is 7.75. The normalized spacial score (nSPS) is 15.4. The number of carbonyl (C=O) groups is 2. The first-order valence-electron chi connectivity index (χ1n) is 10.6. The monoisotopic (exact) mass is 416 g/mol. The second kappa shape index (κ2) is 8.22. The molecule has 2 amide bonds. The highest BCUT2D eigenvalue weighted by Gasteiger charge is 2.27. The van der Waals surface area contributed by atoms with Crippen molar-refractivity contribution in [3.05, 3.63) is 66.7 Å². The number of piperazine rings is 1. The van der Waals surface area contributed by atoms with Crippen LogP contribution in [0.2, 0.25) is 0 Å². The van der Waals surface area contributed by atoms with Crippen molar-refractivity contribution in [1.29, 1.82) is 0 Å². The van der Waals surface area contributed by atoms with Gasteiger partial charge >= 0.3 is 0 Å². The zero-order valence-electron chi connectivity index (χ0n) is 17.2. The minimum atomic E-state index is -0.0235. The molecule has 3 aromatic rings. The zero-order chi connectivity index (χ0) is 21.2. The maximum atomic E-state index is 13.0. The van der Waals surface area contributed by atoms with Crippen molar-refractivity contribution >= 4 is 23.5 Å². The van der Waals surface area contributed by atoms with E-state index in [2.05, 4.69) is 19.4 Å². The largest absolute Gasteiger partial charge is 0.339 e. The highest BCUT2D eigenvalue weighted by atomic mass is 16.2. The predicted octanol–water partition coefficient (Wildman–Crippen LogP) is 2.24. The van der Waals surface area contributed by atoms with Crippen LogP contribution in [0.15, 0.2) is 61.1 Å². The van der Waals surface area contributed by atoms with Gasteiger partial charge in [-0.15, -0.1) is 0 Å². The number of benzene rings is 1. The Morgan fingerprint density at radius 3 is 2.29 bits per heavy atom. The van der Waals surface area contributed by atoms with Crippen molar-refractivity contribution in [3.63, 3.8) is 0 Å². The highest BCUT2D eigenvalue weighted by molar-refractivity contribution is 5.97. The fourth-order valence-corrected chi connectivity index (χ4v) is 4.26. The van der Waals surface area contributed by atoms with Crippen LogP contribution in [-0.4, -0.2) is 57.4 Å². The maximum absolute atomic E-state index is 13.0. The summed E-state index contributed by atoms with van der Waals surface area (Å²) in [6.45, 7) is 3.14. The zero-order valence-corrected chi connectivity index (χ0v) is 17.2. The topological polar surface area (TPSA) is 74.6 Å². The fourth-order valence-electron chi connectivity index (χ4n) is 4.26. The Balaban J connectivity index is 1.18. The van der Waals surface area contributed by atoms with E-state index in [0.717, 1.165) is 17.1 Å². The molecule has 8 heteroatoms. The third kappa shape index (κ3) is 3.76. The van der Waals surface area contributed by atoms with Crippen LogP contribution in [0.5, 0.6) is 0 Å². The molecule has 0 bridgehead atoms. The number of para-hydroxylation sites is 2. The lowest BCUT2D eigenvalue weighted by atomic mass is 10.1. The van der Waals surface area contributed by atoms with Gasteiger partial charge in [0.2, 0.25) is 17.8 Å². The number of amides is 2. The number of hydrogen-bond acceptors (Lipinski definition) is 5. The standard InChI is InChI=1S/C23H24N6O2/c30-21(26-13-15-27(16-14-26)23-24-10-4-11-25-23)8-9-22(31)29-17-18-5-3-12-28(18)19-6-1-2-7-20(19)29/h1-7,10-12H,8-9,13-17H2. The van der Waals surface area contributed by atoms with Crippen LogP contribution >= 0.6 is 0 Å². The first kappa shape index (κ1) is 19.3. The molecule has 0 N–H and O–H groups in total. The van der Waals surface area contributed by atoms with Crippen LogP contribution < -0.4 is 9.80 Å². The average molecular weight is 416 g/mol. The smallest absolute Gasteiger partial charge is 0.227 e. The highest BCUT2D eigenvalue weighted by Crippen LogP contribution is 2.32. The molecule has 2 aromatic heterocycles. The predicted molar refractivity (Wildman–Crippen MR) is 117 cm³/mol. The van der Waals surface area contributed by atoms with E-state index in [4.69, 9.17) is 0 Å². The van der Waals surface area contributed by atoms with Gasteiger partial charge in [0.15, 0.2) is 0 Å². The second-order valence-corrected chi connectivity index (χ2v) is 7.75. The Labute approximate surface area is 180 Å². The molecule has 31 heavy (non-hydrogen) atoms. The van der Waals surface area contributed by atoms with Crippen LogP contribution in [0, 0.1) is 0 Å². The Hall–Kier alpha value is -3.68.